The first kappa shape index (κ1) is 22.8. The number of hydrogen-bond donors (Lipinski definition) is 1. The Morgan fingerprint density at radius 3 is 2.50 bits per heavy atom. The molecule has 0 aliphatic carbocycles. The smallest absolute Gasteiger partial charge is 0.335 e. The number of carboxylic acids is 1. The zero-order valence-corrected chi connectivity index (χ0v) is 19.0. The summed E-state index contributed by atoms with van der Waals surface area (Å²) in [4.78, 5) is 30.1. The van der Waals surface area contributed by atoms with Crippen molar-refractivity contribution in [2.75, 3.05) is 7.05 Å². The van der Waals surface area contributed by atoms with Gasteiger partial charge in [0.15, 0.2) is 5.17 Å². The molecule has 0 saturated carbocycles. The quantitative estimate of drug-likeness (QED) is 0.506. The number of aliphatic imine (C=N–C) groups is 1. The van der Waals surface area contributed by atoms with E-state index in [2.05, 4.69) is 11.1 Å². The van der Waals surface area contributed by atoms with Crippen LogP contribution in [0.25, 0.3) is 6.08 Å². The zero-order valence-electron chi connectivity index (χ0n) is 18.1. The molecule has 1 aliphatic rings. The van der Waals surface area contributed by atoms with Gasteiger partial charge in [-0.3, -0.25) is 9.69 Å². The molecule has 1 amide bonds. The van der Waals surface area contributed by atoms with Crippen molar-refractivity contribution in [3.8, 4) is 11.8 Å². The molecule has 0 aromatic heterocycles. The lowest BCUT2D eigenvalue weighted by atomic mass is 10.1. The second kappa shape index (κ2) is 10.1. The summed E-state index contributed by atoms with van der Waals surface area (Å²) >= 11 is 1.25. The van der Waals surface area contributed by atoms with Crippen LogP contribution >= 0.6 is 11.8 Å². The number of likely N-dealkylation sites (N-methyl/N-ethyl adjacent to an activating group) is 1. The fraction of sp³-hybridized carbons (Fsp3) is 0.0769. The van der Waals surface area contributed by atoms with Crippen molar-refractivity contribution < 1.29 is 19.4 Å². The lowest BCUT2D eigenvalue weighted by Crippen LogP contribution is -2.23. The molecule has 1 N–H and O–H groups in total. The summed E-state index contributed by atoms with van der Waals surface area (Å²) in [5.74, 6) is -0.515. The van der Waals surface area contributed by atoms with Gasteiger partial charge in [0.2, 0.25) is 0 Å². The number of carbonyl (C=O) groups excluding carboxylic acids is 1. The number of carboxylic acid groups (broad SMARTS) is 1. The molecule has 1 fully saturated rings. The van der Waals surface area contributed by atoms with E-state index in [0.29, 0.717) is 27.1 Å². The number of amidine groups is 1. The molecule has 4 rings (SSSR count). The van der Waals surface area contributed by atoms with Crippen LogP contribution in [0.2, 0.25) is 0 Å². The number of rotatable bonds is 6. The van der Waals surface area contributed by atoms with Gasteiger partial charge in [0.25, 0.3) is 5.91 Å². The number of benzene rings is 3. The Balaban J connectivity index is 1.44. The minimum Gasteiger partial charge on any atom is -0.489 e. The van der Waals surface area contributed by atoms with E-state index in [0.717, 1.165) is 11.1 Å². The highest BCUT2D eigenvalue weighted by Gasteiger charge is 2.30. The van der Waals surface area contributed by atoms with E-state index in [1.54, 1.807) is 31.3 Å². The lowest BCUT2D eigenvalue weighted by Gasteiger charge is -2.08. The third-order valence-corrected chi connectivity index (χ3v) is 6.11. The summed E-state index contributed by atoms with van der Waals surface area (Å²) in [6.07, 6.45) is 1.79. The SMILES string of the molecule is CN1C(=O)/C(=C/c2ccc(OCc3ccccc3C#N)cc2)SC1=Nc1ccc(C(=O)O)cc1. The van der Waals surface area contributed by atoms with Gasteiger partial charge in [0.1, 0.15) is 12.4 Å². The van der Waals surface area contributed by atoms with Crippen molar-refractivity contribution in [1.82, 2.24) is 4.90 Å². The number of carbonyl (C=O) groups is 2. The topological polar surface area (TPSA) is 103 Å². The number of amides is 1. The van der Waals surface area contributed by atoms with Gasteiger partial charge in [-0.2, -0.15) is 5.26 Å². The summed E-state index contributed by atoms with van der Waals surface area (Å²) in [6, 6.07) is 22.9. The average molecular weight is 470 g/mol. The lowest BCUT2D eigenvalue weighted by molar-refractivity contribution is -0.121. The molecule has 3 aromatic carbocycles. The Bertz CT molecular complexity index is 1340. The van der Waals surface area contributed by atoms with Gasteiger partial charge in [-0.1, -0.05) is 30.3 Å². The molecule has 3 aromatic rings. The summed E-state index contributed by atoms with van der Waals surface area (Å²) in [5.41, 5.74) is 2.97. The Morgan fingerprint density at radius 2 is 1.82 bits per heavy atom. The molecule has 168 valence electrons. The summed E-state index contributed by atoms with van der Waals surface area (Å²) in [5, 5.41) is 18.7. The van der Waals surface area contributed by atoms with Crippen molar-refractivity contribution in [2.24, 2.45) is 4.99 Å². The van der Waals surface area contributed by atoms with Gasteiger partial charge in [-0.05, 0) is 65.9 Å². The average Bonchev–Trinajstić information content (AvgIpc) is 3.11. The minimum atomic E-state index is -1.00. The Labute approximate surface area is 200 Å². The highest BCUT2D eigenvalue weighted by molar-refractivity contribution is 8.18. The van der Waals surface area contributed by atoms with Crippen LogP contribution in [0.1, 0.15) is 27.0 Å². The molecular weight excluding hydrogens is 450 g/mol. The molecule has 0 unspecified atom stereocenters. The molecule has 1 heterocycles. The second-order valence-corrected chi connectivity index (χ2v) is 8.36. The van der Waals surface area contributed by atoms with Crippen LogP contribution in [0.4, 0.5) is 5.69 Å². The number of aromatic carboxylic acids is 1. The molecular formula is C26H19N3O4S. The van der Waals surface area contributed by atoms with Crippen molar-refractivity contribution in [3.63, 3.8) is 0 Å². The first-order valence-electron chi connectivity index (χ1n) is 10.2. The highest BCUT2D eigenvalue weighted by Crippen LogP contribution is 2.33. The number of thioether (sulfide) groups is 1. The van der Waals surface area contributed by atoms with Gasteiger partial charge in [0.05, 0.1) is 27.8 Å². The fourth-order valence-corrected chi connectivity index (χ4v) is 4.16. The molecule has 0 radical (unpaired) electrons. The largest absolute Gasteiger partial charge is 0.489 e. The summed E-state index contributed by atoms with van der Waals surface area (Å²) in [6.45, 7) is 0.288. The van der Waals surface area contributed by atoms with Gasteiger partial charge in [-0.25, -0.2) is 9.79 Å². The Morgan fingerprint density at radius 1 is 1.12 bits per heavy atom. The predicted octanol–water partition coefficient (Wildman–Crippen LogP) is 5.07. The van der Waals surface area contributed by atoms with Gasteiger partial charge < -0.3 is 9.84 Å². The highest BCUT2D eigenvalue weighted by atomic mass is 32.2. The zero-order chi connectivity index (χ0) is 24.1. The predicted molar refractivity (Wildman–Crippen MR) is 131 cm³/mol. The fourth-order valence-electron chi connectivity index (χ4n) is 3.17. The van der Waals surface area contributed by atoms with Crippen LogP contribution in [-0.2, 0) is 11.4 Å². The van der Waals surface area contributed by atoms with Crippen molar-refractivity contribution >= 4 is 40.6 Å². The van der Waals surface area contributed by atoms with E-state index in [4.69, 9.17) is 9.84 Å². The van der Waals surface area contributed by atoms with Gasteiger partial charge >= 0.3 is 5.97 Å². The molecule has 7 nitrogen and oxygen atoms in total. The van der Waals surface area contributed by atoms with Crippen LogP contribution in [0.5, 0.6) is 5.75 Å². The molecule has 0 atom stereocenters. The van der Waals surface area contributed by atoms with Gasteiger partial charge in [0, 0.05) is 12.6 Å². The second-order valence-electron chi connectivity index (χ2n) is 7.35. The molecule has 1 saturated heterocycles. The Kier molecular flexibility index (Phi) is 6.76. The van der Waals surface area contributed by atoms with Crippen LogP contribution in [0, 0.1) is 11.3 Å². The van der Waals surface area contributed by atoms with E-state index in [1.807, 2.05) is 42.5 Å². The van der Waals surface area contributed by atoms with Crippen LogP contribution < -0.4 is 4.74 Å². The third kappa shape index (κ3) is 5.17. The maximum absolute atomic E-state index is 12.7. The normalized spacial score (nSPS) is 15.5. The number of nitrogens with zero attached hydrogens (tertiary/aromatic N) is 3. The summed E-state index contributed by atoms with van der Waals surface area (Å²) < 4.78 is 5.80. The third-order valence-electron chi connectivity index (χ3n) is 5.05. The van der Waals surface area contributed by atoms with Crippen molar-refractivity contribution in [1.29, 1.82) is 5.26 Å². The van der Waals surface area contributed by atoms with E-state index in [1.165, 1.54) is 28.8 Å². The van der Waals surface area contributed by atoms with Crippen molar-refractivity contribution in [3.05, 3.63) is 100.0 Å². The molecule has 0 bridgehead atoms. The van der Waals surface area contributed by atoms with Crippen LogP contribution in [0.3, 0.4) is 0 Å². The first-order valence-corrected chi connectivity index (χ1v) is 11.1. The van der Waals surface area contributed by atoms with E-state index >= 15 is 0 Å². The van der Waals surface area contributed by atoms with E-state index in [-0.39, 0.29) is 18.1 Å². The monoisotopic (exact) mass is 469 g/mol. The van der Waals surface area contributed by atoms with E-state index in [9.17, 15) is 14.9 Å². The number of hydrogen-bond acceptors (Lipinski definition) is 6. The van der Waals surface area contributed by atoms with Gasteiger partial charge in [-0.15, -0.1) is 0 Å². The maximum atomic E-state index is 12.7. The van der Waals surface area contributed by atoms with E-state index < -0.39 is 5.97 Å². The molecule has 1 aliphatic heterocycles. The van der Waals surface area contributed by atoms with Crippen LogP contribution in [0.15, 0.2) is 82.7 Å². The first-order chi connectivity index (χ1) is 16.4. The maximum Gasteiger partial charge on any atom is 0.335 e. The van der Waals surface area contributed by atoms with Crippen LogP contribution in [-0.4, -0.2) is 34.1 Å². The number of nitriles is 1. The molecule has 8 heteroatoms. The van der Waals surface area contributed by atoms with Crippen molar-refractivity contribution in [2.45, 2.75) is 6.61 Å². The standard InChI is InChI=1S/C26H19N3O4S/c1-29-24(30)23(34-26(29)28-21-10-8-18(9-11-21)25(31)32)14-17-6-12-22(13-7-17)33-16-20-5-3-2-4-19(20)15-27/h2-14H,16H2,1H3,(H,31,32)/b23-14-,28-26?. The molecule has 0 spiro atoms. The molecule has 34 heavy (non-hydrogen) atoms. The minimum absolute atomic E-state index is 0.167. The Hall–Kier alpha value is -4.35. The number of ether oxygens (including phenoxy) is 1. The summed E-state index contributed by atoms with van der Waals surface area (Å²) in [7, 11) is 1.65.